The standard InChI is InChI=1S/C35H44O11/c1-6-11-30(36)41-23-19-26(43-32(38)13-8-3)24-21-29(45-34(40)15-10-5)35(46-27(24)20-23)22-16-17-25(42-31(37)12-7-2)28(18-22)44-33(39)14-9-4/h16-20,29,35H,6-15,21H2,1-5H3/t29?,35-/m1/s1. The largest absolute Gasteiger partial charge is 0.481 e. The first kappa shape index (κ1) is 36.1. The van der Waals surface area contributed by atoms with E-state index in [9.17, 15) is 24.0 Å². The van der Waals surface area contributed by atoms with Crippen LogP contribution in [0, 0.1) is 0 Å². The fraction of sp³-hybridized carbons (Fsp3) is 0.514. The zero-order valence-corrected chi connectivity index (χ0v) is 27.3. The van der Waals surface area contributed by atoms with E-state index in [0.29, 0.717) is 43.2 Å². The van der Waals surface area contributed by atoms with E-state index in [0.717, 1.165) is 0 Å². The summed E-state index contributed by atoms with van der Waals surface area (Å²) in [6, 6.07) is 7.64. The summed E-state index contributed by atoms with van der Waals surface area (Å²) in [4.78, 5) is 62.5. The molecule has 11 nitrogen and oxygen atoms in total. The lowest BCUT2D eigenvalue weighted by Crippen LogP contribution is -2.35. The summed E-state index contributed by atoms with van der Waals surface area (Å²) in [6.07, 6.45) is 2.01. The molecule has 2 aromatic rings. The zero-order valence-electron chi connectivity index (χ0n) is 27.3. The van der Waals surface area contributed by atoms with Gasteiger partial charge >= 0.3 is 29.8 Å². The Kier molecular flexibility index (Phi) is 14.0. The van der Waals surface area contributed by atoms with Gasteiger partial charge in [-0.15, -0.1) is 0 Å². The number of benzene rings is 2. The Hall–Kier alpha value is -4.41. The second-order valence-electron chi connectivity index (χ2n) is 11.0. The molecule has 1 aliphatic heterocycles. The first-order valence-electron chi connectivity index (χ1n) is 16.1. The highest BCUT2D eigenvalue weighted by molar-refractivity contribution is 5.77. The predicted octanol–water partition coefficient (Wildman–Crippen LogP) is 6.90. The molecule has 0 aliphatic carbocycles. The van der Waals surface area contributed by atoms with E-state index in [2.05, 4.69) is 0 Å². The summed E-state index contributed by atoms with van der Waals surface area (Å²) in [6.45, 7) is 9.23. The lowest BCUT2D eigenvalue weighted by molar-refractivity contribution is -0.155. The van der Waals surface area contributed by atoms with Gasteiger partial charge in [0.2, 0.25) is 0 Å². The maximum atomic E-state index is 12.8. The molecule has 1 aliphatic rings. The number of carbonyl (C=O) groups is 5. The van der Waals surface area contributed by atoms with Crippen molar-refractivity contribution in [2.24, 2.45) is 0 Å². The third-order valence-corrected chi connectivity index (χ3v) is 6.89. The average Bonchev–Trinajstić information content (AvgIpc) is 2.98. The highest BCUT2D eigenvalue weighted by atomic mass is 16.6. The number of hydrogen-bond acceptors (Lipinski definition) is 11. The normalized spacial score (nSPS) is 15.2. The molecule has 0 radical (unpaired) electrons. The third-order valence-electron chi connectivity index (χ3n) is 6.89. The molecule has 2 atom stereocenters. The minimum Gasteiger partial charge on any atom is -0.481 e. The number of carbonyl (C=O) groups excluding carboxylic acids is 5. The molecule has 0 fully saturated rings. The summed E-state index contributed by atoms with van der Waals surface area (Å²) in [5.41, 5.74) is 0.928. The van der Waals surface area contributed by atoms with Gasteiger partial charge in [-0.3, -0.25) is 24.0 Å². The monoisotopic (exact) mass is 640 g/mol. The van der Waals surface area contributed by atoms with Crippen LogP contribution in [0.25, 0.3) is 0 Å². The maximum Gasteiger partial charge on any atom is 0.311 e. The fourth-order valence-electron chi connectivity index (χ4n) is 4.78. The van der Waals surface area contributed by atoms with Gasteiger partial charge in [0.1, 0.15) is 23.4 Å². The van der Waals surface area contributed by atoms with Crippen LogP contribution in [0.5, 0.6) is 28.7 Å². The molecule has 0 aromatic heterocycles. The molecule has 3 rings (SSSR count). The van der Waals surface area contributed by atoms with Crippen LogP contribution in [0.4, 0.5) is 0 Å². The van der Waals surface area contributed by atoms with Crippen molar-refractivity contribution in [1.29, 1.82) is 0 Å². The molecule has 0 N–H and O–H groups in total. The molecular formula is C35H44O11. The van der Waals surface area contributed by atoms with Gasteiger partial charge in [0, 0.05) is 61.8 Å². The van der Waals surface area contributed by atoms with Crippen LogP contribution in [-0.4, -0.2) is 36.0 Å². The SMILES string of the molecule is CCCC(=O)Oc1cc(OC(=O)CCC)c2c(c1)O[C@H](c1ccc(OC(=O)CCC)c(OC(=O)CCC)c1)C(OC(=O)CCC)C2. The Morgan fingerprint density at radius 2 is 1.11 bits per heavy atom. The van der Waals surface area contributed by atoms with E-state index >= 15 is 0 Å². The van der Waals surface area contributed by atoms with E-state index in [-0.39, 0.29) is 67.3 Å². The smallest absolute Gasteiger partial charge is 0.311 e. The molecule has 11 heteroatoms. The first-order valence-corrected chi connectivity index (χ1v) is 16.1. The maximum absolute atomic E-state index is 12.8. The van der Waals surface area contributed by atoms with Crippen LogP contribution in [0.2, 0.25) is 0 Å². The van der Waals surface area contributed by atoms with Crippen LogP contribution >= 0.6 is 0 Å². The second-order valence-corrected chi connectivity index (χ2v) is 11.0. The van der Waals surface area contributed by atoms with E-state index in [4.69, 9.17) is 28.4 Å². The Morgan fingerprint density at radius 3 is 1.67 bits per heavy atom. The second kappa shape index (κ2) is 17.9. The van der Waals surface area contributed by atoms with Crippen LogP contribution in [0.3, 0.4) is 0 Å². The summed E-state index contributed by atoms with van der Waals surface area (Å²) in [5, 5.41) is 0. The summed E-state index contributed by atoms with van der Waals surface area (Å²) in [5.74, 6) is -1.76. The van der Waals surface area contributed by atoms with E-state index in [1.807, 2.05) is 34.6 Å². The van der Waals surface area contributed by atoms with Gasteiger partial charge in [0.25, 0.3) is 0 Å². The van der Waals surface area contributed by atoms with Crippen molar-refractivity contribution in [3.63, 3.8) is 0 Å². The summed E-state index contributed by atoms with van der Waals surface area (Å²) < 4.78 is 34.6. The van der Waals surface area contributed by atoms with E-state index < -0.39 is 42.1 Å². The van der Waals surface area contributed by atoms with Gasteiger partial charge in [-0.2, -0.15) is 0 Å². The van der Waals surface area contributed by atoms with Crippen molar-refractivity contribution in [2.45, 2.75) is 117 Å². The van der Waals surface area contributed by atoms with Gasteiger partial charge < -0.3 is 28.4 Å². The minimum absolute atomic E-state index is 0.0184. The minimum atomic E-state index is -0.918. The molecule has 0 spiro atoms. The Bertz CT molecular complexity index is 1400. The van der Waals surface area contributed by atoms with Gasteiger partial charge in [-0.25, -0.2) is 0 Å². The van der Waals surface area contributed by atoms with Gasteiger partial charge in [0.05, 0.1) is 0 Å². The third kappa shape index (κ3) is 10.3. The predicted molar refractivity (Wildman–Crippen MR) is 167 cm³/mol. The van der Waals surface area contributed by atoms with Crippen LogP contribution in [0.15, 0.2) is 30.3 Å². The Labute approximate surface area is 269 Å². The molecule has 250 valence electrons. The Morgan fingerprint density at radius 1 is 0.609 bits per heavy atom. The first-order chi connectivity index (χ1) is 22.1. The Balaban J connectivity index is 2.11. The number of fused-ring (bicyclic) bond motifs is 1. The average molecular weight is 641 g/mol. The van der Waals surface area contributed by atoms with E-state index in [1.54, 1.807) is 6.07 Å². The van der Waals surface area contributed by atoms with Crippen LogP contribution in [0.1, 0.15) is 116 Å². The molecule has 0 bridgehead atoms. The lowest BCUT2D eigenvalue weighted by atomic mass is 9.93. The highest BCUT2D eigenvalue weighted by Crippen LogP contribution is 2.45. The van der Waals surface area contributed by atoms with Gasteiger partial charge in [0.15, 0.2) is 17.6 Å². The summed E-state index contributed by atoms with van der Waals surface area (Å²) >= 11 is 0. The van der Waals surface area contributed by atoms with E-state index in [1.165, 1.54) is 24.3 Å². The molecular weight excluding hydrogens is 596 g/mol. The van der Waals surface area contributed by atoms with Crippen LogP contribution < -0.4 is 23.7 Å². The van der Waals surface area contributed by atoms with Crippen molar-refractivity contribution in [3.05, 3.63) is 41.5 Å². The molecule has 0 saturated heterocycles. The quantitative estimate of drug-likeness (QED) is 0.140. The molecule has 2 aromatic carbocycles. The van der Waals surface area contributed by atoms with Crippen LogP contribution in [-0.2, 0) is 35.1 Å². The summed E-state index contributed by atoms with van der Waals surface area (Å²) in [7, 11) is 0. The number of rotatable bonds is 16. The number of esters is 5. The molecule has 0 amide bonds. The van der Waals surface area contributed by atoms with Crippen molar-refractivity contribution >= 4 is 29.8 Å². The molecule has 1 unspecified atom stereocenters. The van der Waals surface area contributed by atoms with Crippen molar-refractivity contribution in [3.8, 4) is 28.7 Å². The van der Waals surface area contributed by atoms with Crippen molar-refractivity contribution in [2.75, 3.05) is 0 Å². The zero-order chi connectivity index (χ0) is 33.6. The van der Waals surface area contributed by atoms with Crippen molar-refractivity contribution in [1.82, 2.24) is 0 Å². The van der Waals surface area contributed by atoms with Crippen molar-refractivity contribution < 1.29 is 52.4 Å². The highest BCUT2D eigenvalue weighted by Gasteiger charge is 2.37. The lowest BCUT2D eigenvalue weighted by Gasteiger charge is -2.34. The van der Waals surface area contributed by atoms with Gasteiger partial charge in [-0.1, -0.05) is 40.7 Å². The molecule has 46 heavy (non-hydrogen) atoms. The molecule has 1 heterocycles. The molecule has 0 saturated carbocycles. The number of hydrogen-bond donors (Lipinski definition) is 0. The fourth-order valence-corrected chi connectivity index (χ4v) is 4.78. The topological polar surface area (TPSA) is 141 Å². The number of ether oxygens (including phenoxy) is 6. The van der Waals surface area contributed by atoms with Gasteiger partial charge in [-0.05, 0) is 44.2 Å².